The van der Waals surface area contributed by atoms with Crippen molar-refractivity contribution in [2.75, 3.05) is 12.3 Å². The third-order valence-electron chi connectivity index (χ3n) is 1.56. The van der Waals surface area contributed by atoms with Crippen LogP contribution in [0, 0.1) is 0 Å². The zero-order chi connectivity index (χ0) is 11.5. The van der Waals surface area contributed by atoms with Gasteiger partial charge in [0, 0.05) is 22.4 Å². The predicted octanol–water partition coefficient (Wildman–Crippen LogP) is 1.54. The van der Waals surface area contributed by atoms with Crippen LogP contribution in [0.5, 0.6) is 0 Å². The molecule has 1 aromatic heterocycles. The largest absolute Gasteiger partial charge is 0.311 e. The fraction of sp³-hybridized carbons (Fsp3) is 0.429. The lowest BCUT2D eigenvalue weighted by molar-refractivity contribution is 0.592. The van der Waals surface area contributed by atoms with Crippen LogP contribution in [0.25, 0.3) is 0 Å². The summed E-state index contributed by atoms with van der Waals surface area (Å²) in [4.78, 5) is 1.04. The van der Waals surface area contributed by atoms with Crippen molar-refractivity contribution in [3.63, 3.8) is 0 Å². The molecule has 8 heteroatoms. The van der Waals surface area contributed by atoms with E-state index in [0.29, 0.717) is 17.4 Å². The lowest BCUT2D eigenvalue weighted by atomic mass is 10.4. The van der Waals surface area contributed by atoms with E-state index >= 15 is 0 Å². The van der Waals surface area contributed by atoms with Gasteiger partial charge in [-0.15, -0.1) is 11.3 Å². The molecule has 4 nitrogen and oxygen atoms in total. The fourth-order valence-corrected chi connectivity index (χ4v) is 3.09. The van der Waals surface area contributed by atoms with Crippen molar-refractivity contribution in [2.24, 2.45) is 5.14 Å². The third-order valence-corrected chi connectivity index (χ3v) is 4.81. The molecular formula is C7H10BrClN2O2S2. The Balaban J connectivity index is 2.32. The monoisotopic (exact) mass is 332 g/mol. The van der Waals surface area contributed by atoms with Crippen LogP contribution in [0.2, 0.25) is 4.34 Å². The van der Waals surface area contributed by atoms with E-state index in [2.05, 4.69) is 21.2 Å². The Hall–Kier alpha value is 0.340. The maximum absolute atomic E-state index is 10.6. The van der Waals surface area contributed by atoms with Gasteiger partial charge in [0.15, 0.2) is 0 Å². The molecule has 0 atom stereocenters. The number of thiophene rings is 1. The van der Waals surface area contributed by atoms with Gasteiger partial charge in [-0.1, -0.05) is 11.6 Å². The van der Waals surface area contributed by atoms with Crippen molar-refractivity contribution >= 4 is 48.9 Å². The molecule has 1 rings (SSSR count). The Morgan fingerprint density at radius 2 is 2.27 bits per heavy atom. The van der Waals surface area contributed by atoms with Crippen LogP contribution in [0.4, 0.5) is 0 Å². The maximum atomic E-state index is 10.6. The topological polar surface area (TPSA) is 72.2 Å². The Bertz CT molecular complexity index is 413. The van der Waals surface area contributed by atoms with E-state index in [9.17, 15) is 8.42 Å². The Morgan fingerprint density at radius 1 is 1.60 bits per heavy atom. The van der Waals surface area contributed by atoms with Crippen LogP contribution >= 0.6 is 38.9 Å². The zero-order valence-corrected chi connectivity index (χ0v) is 11.6. The highest BCUT2D eigenvalue weighted by Crippen LogP contribution is 2.31. The molecule has 0 aliphatic rings. The second-order valence-electron chi connectivity index (χ2n) is 2.88. The Kier molecular flexibility index (Phi) is 5.01. The van der Waals surface area contributed by atoms with Gasteiger partial charge in [-0.05, 0) is 22.0 Å². The van der Waals surface area contributed by atoms with Gasteiger partial charge in [-0.3, -0.25) is 0 Å². The van der Waals surface area contributed by atoms with Crippen LogP contribution in [0.1, 0.15) is 4.88 Å². The molecule has 0 spiro atoms. The Morgan fingerprint density at radius 3 is 2.73 bits per heavy atom. The number of sulfonamides is 1. The van der Waals surface area contributed by atoms with Gasteiger partial charge >= 0.3 is 0 Å². The summed E-state index contributed by atoms with van der Waals surface area (Å²) in [5.41, 5.74) is 0. The van der Waals surface area contributed by atoms with Crippen LogP contribution in [0.15, 0.2) is 10.5 Å². The second kappa shape index (κ2) is 5.60. The molecule has 0 bridgehead atoms. The molecule has 86 valence electrons. The molecule has 0 fully saturated rings. The van der Waals surface area contributed by atoms with Crippen molar-refractivity contribution in [1.82, 2.24) is 5.32 Å². The molecule has 0 radical (unpaired) electrons. The van der Waals surface area contributed by atoms with Crippen molar-refractivity contribution in [3.8, 4) is 0 Å². The van der Waals surface area contributed by atoms with Gasteiger partial charge in [-0.2, -0.15) is 0 Å². The zero-order valence-electron chi connectivity index (χ0n) is 7.66. The average molecular weight is 334 g/mol. The summed E-state index contributed by atoms with van der Waals surface area (Å²) in [6.07, 6.45) is 0. The van der Waals surface area contributed by atoms with Crippen LogP contribution in [0.3, 0.4) is 0 Å². The lowest BCUT2D eigenvalue weighted by Gasteiger charge is -2.00. The lowest BCUT2D eigenvalue weighted by Crippen LogP contribution is -2.26. The highest BCUT2D eigenvalue weighted by molar-refractivity contribution is 9.10. The van der Waals surface area contributed by atoms with Crippen LogP contribution in [-0.2, 0) is 16.6 Å². The molecule has 0 saturated carbocycles. The fourth-order valence-electron chi connectivity index (χ4n) is 0.905. The first-order chi connectivity index (χ1) is 6.88. The summed E-state index contributed by atoms with van der Waals surface area (Å²) in [5.74, 6) is -0.0622. The quantitative estimate of drug-likeness (QED) is 0.803. The van der Waals surface area contributed by atoms with Crippen LogP contribution in [-0.4, -0.2) is 20.7 Å². The molecule has 0 unspecified atom stereocenters. The molecule has 3 N–H and O–H groups in total. The number of hydrogen-bond donors (Lipinski definition) is 2. The van der Waals surface area contributed by atoms with Gasteiger partial charge in [0.1, 0.15) is 4.34 Å². The number of primary sulfonamides is 1. The first-order valence-corrected chi connectivity index (χ1v) is 7.73. The summed E-state index contributed by atoms with van der Waals surface area (Å²) < 4.78 is 22.8. The number of hydrogen-bond acceptors (Lipinski definition) is 4. The van der Waals surface area contributed by atoms with Crippen molar-refractivity contribution in [2.45, 2.75) is 6.54 Å². The van der Waals surface area contributed by atoms with Gasteiger partial charge in [0.2, 0.25) is 10.0 Å². The van der Waals surface area contributed by atoms with Crippen LogP contribution < -0.4 is 10.5 Å². The van der Waals surface area contributed by atoms with Crippen molar-refractivity contribution in [3.05, 3.63) is 19.8 Å². The molecule has 0 saturated heterocycles. The first kappa shape index (κ1) is 13.4. The normalized spacial score (nSPS) is 11.9. The SMILES string of the molecule is NS(=O)(=O)CCNCc1cc(Br)c(Cl)s1. The minimum Gasteiger partial charge on any atom is -0.311 e. The highest BCUT2D eigenvalue weighted by atomic mass is 79.9. The van der Waals surface area contributed by atoms with E-state index in [4.69, 9.17) is 16.7 Å². The summed E-state index contributed by atoms with van der Waals surface area (Å²) in [7, 11) is -3.38. The summed E-state index contributed by atoms with van der Waals surface area (Å²) >= 11 is 10.6. The maximum Gasteiger partial charge on any atom is 0.210 e. The molecule has 15 heavy (non-hydrogen) atoms. The minimum atomic E-state index is -3.38. The van der Waals surface area contributed by atoms with E-state index in [-0.39, 0.29) is 5.75 Å². The molecule has 0 amide bonds. The van der Waals surface area contributed by atoms with Gasteiger partial charge in [-0.25, -0.2) is 13.6 Å². The van der Waals surface area contributed by atoms with Gasteiger partial charge in [0.05, 0.1) is 5.75 Å². The number of nitrogens with one attached hydrogen (secondary N) is 1. The average Bonchev–Trinajstić information content (AvgIpc) is 2.39. The van der Waals surface area contributed by atoms with E-state index in [1.807, 2.05) is 6.07 Å². The van der Waals surface area contributed by atoms with Gasteiger partial charge in [0.25, 0.3) is 0 Å². The predicted molar refractivity (Wildman–Crippen MR) is 66.7 cm³/mol. The van der Waals surface area contributed by atoms with Gasteiger partial charge < -0.3 is 5.32 Å². The molecule has 0 aliphatic heterocycles. The second-order valence-corrected chi connectivity index (χ2v) is 7.21. The molecule has 0 aliphatic carbocycles. The number of nitrogens with two attached hydrogens (primary N) is 1. The van der Waals surface area contributed by atoms with E-state index in [1.54, 1.807) is 0 Å². The van der Waals surface area contributed by atoms with E-state index < -0.39 is 10.0 Å². The third kappa shape index (κ3) is 5.28. The van der Waals surface area contributed by atoms with E-state index in [1.165, 1.54) is 11.3 Å². The van der Waals surface area contributed by atoms with Crippen molar-refractivity contribution < 1.29 is 8.42 Å². The first-order valence-electron chi connectivity index (χ1n) is 4.03. The summed E-state index contributed by atoms with van der Waals surface area (Å²) in [5, 5.41) is 7.82. The Labute approximate surface area is 106 Å². The molecular weight excluding hydrogens is 324 g/mol. The van der Waals surface area contributed by atoms with E-state index in [0.717, 1.165) is 9.35 Å². The molecule has 1 heterocycles. The minimum absolute atomic E-state index is 0.0622. The summed E-state index contributed by atoms with van der Waals surface area (Å²) in [6.45, 7) is 0.928. The number of rotatable bonds is 5. The highest BCUT2D eigenvalue weighted by Gasteiger charge is 2.05. The molecule has 1 aromatic rings. The van der Waals surface area contributed by atoms with Crippen molar-refractivity contribution in [1.29, 1.82) is 0 Å². The standard InChI is InChI=1S/C7H10BrClN2O2S2/c8-6-3-5(14-7(6)9)4-11-1-2-15(10,12)13/h3,11H,1-2,4H2,(H2,10,12,13). The smallest absolute Gasteiger partial charge is 0.210 e. The molecule has 0 aromatic carbocycles. The number of halogens is 2. The summed E-state index contributed by atoms with van der Waals surface area (Å²) in [6, 6.07) is 1.90.